The Morgan fingerprint density at radius 3 is 2.31 bits per heavy atom. The molecule has 1 saturated heterocycles. The second-order valence-electron chi connectivity index (χ2n) is 6.71. The van der Waals surface area contributed by atoms with Crippen molar-refractivity contribution in [3.63, 3.8) is 0 Å². The van der Waals surface area contributed by atoms with Gasteiger partial charge in [0.05, 0.1) is 0 Å². The summed E-state index contributed by atoms with van der Waals surface area (Å²) in [5.41, 5.74) is 2.46. The lowest BCUT2D eigenvalue weighted by atomic mass is 10.1. The highest BCUT2D eigenvalue weighted by atomic mass is 32.1. The number of hydrogen-bond acceptors (Lipinski definition) is 2. The predicted molar refractivity (Wildman–Crippen MR) is 113 cm³/mol. The van der Waals surface area contributed by atoms with E-state index in [4.69, 9.17) is 12.2 Å². The molecule has 3 aromatic rings. The first-order chi connectivity index (χ1) is 12.8. The number of anilines is 1. The number of rotatable bonds is 3. The fourth-order valence-electron chi connectivity index (χ4n) is 3.48. The molecular formula is C22H23N3S. The zero-order chi connectivity index (χ0) is 17.8. The molecule has 1 N–H and O–H groups in total. The number of fused-ring (bicyclic) bond motifs is 1. The highest BCUT2D eigenvalue weighted by molar-refractivity contribution is 7.80. The quantitative estimate of drug-likeness (QED) is 0.699. The molecule has 1 heterocycles. The minimum Gasteiger partial charge on any atom is -0.346 e. The second kappa shape index (κ2) is 7.85. The van der Waals surface area contributed by atoms with E-state index in [9.17, 15) is 0 Å². The Labute approximate surface area is 160 Å². The summed E-state index contributed by atoms with van der Waals surface area (Å²) < 4.78 is 0. The summed E-state index contributed by atoms with van der Waals surface area (Å²) in [4.78, 5) is 4.77. The molecule has 3 nitrogen and oxygen atoms in total. The second-order valence-corrected chi connectivity index (χ2v) is 7.09. The maximum absolute atomic E-state index is 5.68. The number of thiocarbonyl (C=S) groups is 1. The Morgan fingerprint density at radius 1 is 0.808 bits per heavy atom. The van der Waals surface area contributed by atoms with E-state index in [1.165, 1.54) is 16.3 Å². The third kappa shape index (κ3) is 3.87. The molecule has 1 aliphatic heterocycles. The fraction of sp³-hybridized carbons (Fsp3) is 0.227. The van der Waals surface area contributed by atoms with Crippen molar-refractivity contribution >= 4 is 33.8 Å². The Kier molecular flexibility index (Phi) is 5.14. The Balaban J connectivity index is 1.36. The van der Waals surface area contributed by atoms with Crippen LogP contribution in [0, 0.1) is 0 Å². The van der Waals surface area contributed by atoms with Crippen molar-refractivity contribution in [2.24, 2.45) is 0 Å². The van der Waals surface area contributed by atoms with Crippen LogP contribution in [0.15, 0.2) is 72.8 Å². The van der Waals surface area contributed by atoms with E-state index in [-0.39, 0.29) is 0 Å². The minimum atomic E-state index is 0.820. The van der Waals surface area contributed by atoms with Crippen molar-refractivity contribution in [2.45, 2.75) is 6.54 Å². The molecule has 132 valence electrons. The first kappa shape index (κ1) is 17.0. The van der Waals surface area contributed by atoms with Crippen molar-refractivity contribution in [2.75, 3.05) is 31.5 Å². The average molecular weight is 362 g/mol. The van der Waals surface area contributed by atoms with Crippen LogP contribution in [0.4, 0.5) is 5.69 Å². The van der Waals surface area contributed by atoms with Crippen molar-refractivity contribution in [3.8, 4) is 0 Å². The monoisotopic (exact) mass is 361 g/mol. The van der Waals surface area contributed by atoms with E-state index in [1.54, 1.807) is 0 Å². The molecule has 3 aromatic carbocycles. The summed E-state index contributed by atoms with van der Waals surface area (Å²) in [6.07, 6.45) is 0. The largest absolute Gasteiger partial charge is 0.346 e. The van der Waals surface area contributed by atoms with Gasteiger partial charge in [0, 0.05) is 43.8 Å². The van der Waals surface area contributed by atoms with E-state index in [2.05, 4.69) is 87.9 Å². The summed E-state index contributed by atoms with van der Waals surface area (Å²) >= 11 is 5.68. The molecule has 4 rings (SSSR count). The maximum Gasteiger partial charge on any atom is 0.173 e. The van der Waals surface area contributed by atoms with E-state index in [1.807, 2.05) is 0 Å². The van der Waals surface area contributed by atoms with Gasteiger partial charge in [0.1, 0.15) is 0 Å². The van der Waals surface area contributed by atoms with Crippen LogP contribution in [0.3, 0.4) is 0 Å². The van der Waals surface area contributed by atoms with Gasteiger partial charge < -0.3 is 10.2 Å². The smallest absolute Gasteiger partial charge is 0.173 e. The summed E-state index contributed by atoms with van der Waals surface area (Å²) in [5.74, 6) is 0. The lowest BCUT2D eigenvalue weighted by Gasteiger charge is -2.36. The maximum atomic E-state index is 5.68. The van der Waals surface area contributed by atoms with Gasteiger partial charge in [0.2, 0.25) is 0 Å². The van der Waals surface area contributed by atoms with Crippen molar-refractivity contribution in [1.82, 2.24) is 9.80 Å². The molecule has 0 unspecified atom stereocenters. The molecular weight excluding hydrogens is 338 g/mol. The molecule has 0 atom stereocenters. The zero-order valence-electron chi connectivity index (χ0n) is 14.8. The normalized spacial score (nSPS) is 15.2. The van der Waals surface area contributed by atoms with Crippen LogP contribution in [0.1, 0.15) is 5.56 Å². The fourth-order valence-corrected chi connectivity index (χ4v) is 3.77. The van der Waals surface area contributed by atoms with Crippen LogP contribution in [-0.4, -0.2) is 41.1 Å². The lowest BCUT2D eigenvalue weighted by molar-refractivity contribution is 0.177. The molecule has 1 fully saturated rings. The highest BCUT2D eigenvalue weighted by Gasteiger charge is 2.19. The first-order valence-electron chi connectivity index (χ1n) is 9.09. The Hall–Kier alpha value is -2.43. The van der Waals surface area contributed by atoms with Crippen LogP contribution in [0.5, 0.6) is 0 Å². The van der Waals surface area contributed by atoms with Gasteiger partial charge in [-0.2, -0.15) is 0 Å². The van der Waals surface area contributed by atoms with Gasteiger partial charge in [0.15, 0.2) is 5.11 Å². The third-order valence-corrected chi connectivity index (χ3v) is 5.30. The summed E-state index contributed by atoms with van der Waals surface area (Å²) in [7, 11) is 0. The summed E-state index contributed by atoms with van der Waals surface area (Å²) in [6.45, 7) is 5.00. The van der Waals surface area contributed by atoms with Crippen LogP contribution in [0.25, 0.3) is 10.8 Å². The van der Waals surface area contributed by atoms with Crippen molar-refractivity contribution in [3.05, 3.63) is 78.4 Å². The molecule has 0 aromatic heterocycles. The summed E-state index contributed by atoms with van der Waals surface area (Å²) in [5, 5.41) is 6.72. The van der Waals surface area contributed by atoms with Gasteiger partial charge in [-0.05, 0) is 29.2 Å². The Morgan fingerprint density at radius 2 is 1.50 bits per heavy atom. The number of nitrogens with zero attached hydrogens (tertiary/aromatic N) is 2. The molecule has 26 heavy (non-hydrogen) atoms. The summed E-state index contributed by atoms with van der Waals surface area (Å²) in [6, 6.07) is 25.4. The van der Waals surface area contributed by atoms with Crippen LogP contribution < -0.4 is 5.32 Å². The molecule has 0 saturated carbocycles. The molecule has 0 radical (unpaired) electrons. The number of piperazine rings is 1. The van der Waals surface area contributed by atoms with Crippen LogP contribution in [0.2, 0.25) is 0 Å². The van der Waals surface area contributed by atoms with Crippen LogP contribution >= 0.6 is 12.2 Å². The van der Waals surface area contributed by atoms with Crippen molar-refractivity contribution in [1.29, 1.82) is 0 Å². The first-order valence-corrected chi connectivity index (χ1v) is 9.50. The average Bonchev–Trinajstić information content (AvgIpc) is 2.70. The minimum absolute atomic E-state index is 0.820. The molecule has 0 aliphatic carbocycles. The molecule has 0 spiro atoms. The number of nitrogens with one attached hydrogen (secondary N) is 1. The SMILES string of the molecule is S=C(Nc1cccc2ccccc12)N1CCN(Cc2ccccc2)CC1. The van der Waals surface area contributed by atoms with Gasteiger partial charge in [-0.15, -0.1) is 0 Å². The highest BCUT2D eigenvalue weighted by Crippen LogP contribution is 2.23. The van der Waals surface area contributed by atoms with E-state index >= 15 is 0 Å². The van der Waals surface area contributed by atoms with Gasteiger partial charge in [0.25, 0.3) is 0 Å². The molecule has 4 heteroatoms. The van der Waals surface area contributed by atoms with E-state index < -0.39 is 0 Å². The zero-order valence-corrected chi connectivity index (χ0v) is 15.6. The van der Waals surface area contributed by atoms with Gasteiger partial charge in [-0.3, -0.25) is 4.90 Å². The van der Waals surface area contributed by atoms with Crippen molar-refractivity contribution < 1.29 is 0 Å². The lowest BCUT2D eigenvalue weighted by Crippen LogP contribution is -2.49. The van der Waals surface area contributed by atoms with Gasteiger partial charge in [-0.25, -0.2) is 0 Å². The van der Waals surface area contributed by atoms with Crippen LogP contribution in [-0.2, 0) is 6.54 Å². The topological polar surface area (TPSA) is 18.5 Å². The molecule has 1 aliphatic rings. The third-order valence-electron chi connectivity index (χ3n) is 4.94. The van der Waals surface area contributed by atoms with Gasteiger partial charge >= 0.3 is 0 Å². The molecule has 0 amide bonds. The molecule has 0 bridgehead atoms. The van der Waals surface area contributed by atoms with E-state index in [0.29, 0.717) is 0 Å². The number of benzene rings is 3. The Bertz CT molecular complexity index is 881. The standard InChI is InChI=1S/C22H23N3S/c26-22(23-21-12-6-10-19-9-4-5-11-20(19)21)25-15-13-24(14-16-25)17-18-7-2-1-3-8-18/h1-12H,13-17H2,(H,23,26). The predicted octanol–water partition coefficient (Wildman–Crippen LogP) is 4.35. The van der Waals surface area contributed by atoms with E-state index in [0.717, 1.165) is 43.5 Å². The van der Waals surface area contributed by atoms with Gasteiger partial charge in [-0.1, -0.05) is 66.7 Å². The number of hydrogen-bond donors (Lipinski definition) is 1.